The van der Waals surface area contributed by atoms with Gasteiger partial charge in [-0.25, -0.2) is 0 Å². The number of rotatable bonds is 2. The van der Waals surface area contributed by atoms with Crippen molar-refractivity contribution in [1.82, 2.24) is 4.90 Å². The lowest BCUT2D eigenvalue weighted by molar-refractivity contribution is -0.141. The molecule has 0 radical (unpaired) electrons. The number of halogens is 3. The predicted molar refractivity (Wildman–Crippen MR) is 62.9 cm³/mol. The van der Waals surface area contributed by atoms with E-state index >= 15 is 0 Å². The Morgan fingerprint density at radius 2 is 2.14 bits per heavy atom. The minimum absolute atomic E-state index is 0.0544. The van der Waals surface area contributed by atoms with Gasteiger partial charge in [0.15, 0.2) is 0 Å². The van der Waals surface area contributed by atoms with Gasteiger partial charge in [-0.15, -0.1) is 0 Å². The molecule has 1 aromatic carbocycles. The van der Waals surface area contributed by atoms with E-state index in [-0.39, 0.29) is 5.56 Å². The third-order valence-corrected chi connectivity index (χ3v) is 3.13. The van der Waals surface area contributed by atoms with Crippen molar-refractivity contribution in [2.45, 2.75) is 12.2 Å². The Kier molecular flexibility index (Phi) is 3.60. The van der Waals surface area contributed by atoms with Crippen molar-refractivity contribution < 1.29 is 27.5 Å². The Hall–Kier alpha value is -2.56. The van der Waals surface area contributed by atoms with Gasteiger partial charge in [-0.2, -0.15) is 18.4 Å². The number of nitrogens with zero attached hydrogens (tertiary/aromatic N) is 2. The number of methoxy groups -OCH3 is 1. The lowest BCUT2D eigenvalue weighted by atomic mass is 10.00. The zero-order valence-electron chi connectivity index (χ0n) is 10.8. The normalized spacial score (nSPS) is 17.4. The molecule has 1 unspecified atom stereocenters. The SMILES string of the molecule is COC(=O)CN1C(=O)c2c(cccc2C(F)(F)F)C1C#N. The molecule has 1 aliphatic rings. The highest BCUT2D eigenvalue weighted by molar-refractivity contribution is 6.02. The van der Waals surface area contributed by atoms with Gasteiger partial charge in [0, 0.05) is 5.56 Å². The Morgan fingerprint density at radius 3 is 2.67 bits per heavy atom. The highest BCUT2D eigenvalue weighted by Gasteiger charge is 2.45. The molecule has 110 valence electrons. The van der Waals surface area contributed by atoms with E-state index in [4.69, 9.17) is 5.26 Å². The van der Waals surface area contributed by atoms with Gasteiger partial charge >= 0.3 is 12.1 Å². The molecule has 0 N–H and O–H groups in total. The van der Waals surface area contributed by atoms with Crippen molar-refractivity contribution in [3.63, 3.8) is 0 Å². The van der Waals surface area contributed by atoms with Crippen LogP contribution in [0.5, 0.6) is 0 Å². The van der Waals surface area contributed by atoms with Gasteiger partial charge in [0.25, 0.3) is 5.91 Å². The maximum atomic E-state index is 13.0. The molecule has 1 aromatic rings. The fraction of sp³-hybridized carbons (Fsp3) is 0.308. The van der Waals surface area contributed by atoms with Crippen molar-refractivity contribution in [3.05, 3.63) is 34.9 Å². The van der Waals surface area contributed by atoms with E-state index < -0.39 is 41.8 Å². The van der Waals surface area contributed by atoms with E-state index in [1.54, 1.807) is 6.07 Å². The largest absolute Gasteiger partial charge is 0.468 e. The van der Waals surface area contributed by atoms with E-state index in [0.29, 0.717) is 0 Å². The van der Waals surface area contributed by atoms with E-state index in [2.05, 4.69) is 4.74 Å². The molecule has 0 spiro atoms. The number of nitriles is 1. The van der Waals surface area contributed by atoms with Gasteiger partial charge in [0.2, 0.25) is 0 Å². The molecule has 1 aliphatic heterocycles. The molecule has 21 heavy (non-hydrogen) atoms. The molecule has 8 heteroatoms. The van der Waals surface area contributed by atoms with Gasteiger partial charge in [0.1, 0.15) is 12.6 Å². The third kappa shape index (κ3) is 2.42. The fourth-order valence-electron chi connectivity index (χ4n) is 2.21. The van der Waals surface area contributed by atoms with Crippen LogP contribution in [0.4, 0.5) is 13.2 Å². The Morgan fingerprint density at radius 1 is 1.48 bits per heavy atom. The number of benzene rings is 1. The summed E-state index contributed by atoms with van der Waals surface area (Å²) < 4.78 is 43.3. The quantitative estimate of drug-likeness (QED) is 0.782. The lowest BCUT2D eigenvalue weighted by Gasteiger charge is -2.18. The predicted octanol–water partition coefficient (Wildman–Crippen LogP) is 1.90. The number of carbonyl (C=O) groups is 2. The number of hydrogen-bond acceptors (Lipinski definition) is 4. The molecule has 5 nitrogen and oxygen atoms in total. The fourth-order valence-corrected chi connectivity index (χ4v) is 2.21. The summed E-state index contributed by atoms with van der Waals surface area (Å²) in [5.74, 6) is -1.82. The van der Waals surface area contributed by atoms with E-state index in [1.807, 2.05) is 0 Å². The van der Waals surface area contributed by atoms with Crippen LogP contribution in [0.15, 0.2) is 18.2 Å². The zero-order chi connectivity index (χ0) is 15.8. The average molecular weight is 298 g/mol. The molecular formula is C13H9F3N2O3. The Labute approximate surface area is 117 Å². The summed E-state index contributed by atoms with van der Waals surface area (Å²) in [5.41, 5.74) is -1.75. The highest BCUT2D eigenvalue weighted by atomic mass is 19.4. The molecule has 0 aliphatic carbocycles. The Bertz CT molecular complexity index is 649. The standard InChI is InChI=1S/C13H9F3N2O3/c1-21-10(19)6-18-9(5-17)7-3-2-4-8(13(14,15)16)11(7)12(18)20/h2-4,9H,6H2,1H3. The van der Waals surface area contributed by atoms with Crippen LogP contribution in [0, 0.1) is 11.3 Å². The van der Waals surface area contributed by atoms with Gasteiger partial charge in [-0.1, -0.05) is 12.1 Å². The molecule has 1 heterocycles. The molecule has 0 saturated heterocycles. The second-order valence-corrected chi connectivity index (χ2v) is 4.31. The van der Waals surface area contributed by atoms with Crippen LogP contribution in [0.1, 0.15) is 27.5 Å². The number of amides is 1. The van der Waals surface area contributed by atoms with Gasteiger partial charge in [-0.3, -0.25) is 9.59 Å². The maximum Gasteiger partial charge on any atom is 0.417 e. The second-order valence-electron chi connectivity index (χ2n) is 4.31. The molecule has 0 fully saturated rings. The smallest absolute Gasteiger partial charge is 0.417 e. The molecule has 1 atom stereocenters. The summed E-state index contributed by atoms with van der Waals surface area (Å²) in [5, 5.41) is 9.10. The first-order valence-electron chi connectivity index (χ1n) is 5.78. The number of fused-ring (bicyclic) bond motifs is 1. The van der Waals surface area contributed by atoms with Gasteiger partial charge < -0.3 is 9.64 Å². The lowest BCUT2D eigenvalue weighted by Crippen LogP contribution is -2.33. The molecule has 0 bridgehead atoms. The van der Waals surface area contributed by atoms with Gasteiger partial charge in [0.05, 0.1) is 24.3 Å². The highest BCUT2D eigenvalue weighted by Crippen LogP contribution is 2.41. The minimum Gasteiger partial charge on any atom is -0.468 e. The zero-order valence-corrected chi connectivity index (χ0v) is 10.8. The van der Waals surface area contributed by atoms with Crippen LogP contribution >= 0.6 is 0 Å². The van der Waals surface area contributed by atoms with Crippen molar-refractivity contribution >= 4 is 11.9 Å². The van der Waals surface area contributed by atoms with Crippen molar-refractivity contribution in [3.8, 4) is 6.07 Å². The van der Waals surface area contributed by atoms with Crippen LogP contribution in [0.3, 0.4) is 0 Å². The molecule has 1 amide bonds. The first-order chi connectivity index (χ1) is 9.81. The first-order valence-corrected chi connectivity index (χ1v) is 5.78. The van der Waals surface area contributed by atoms with E-state index in [9.17, 15) is 22.8 Å². The van der Waals surface area contributed by atoms with Gasteiger partial charge in [-0.05, 0) is 6.07 Å². The number of esters is 1. The van der Waals surface area contributed by atoms with E-state index in [0.717, 1.165) is 24.1 Å². The van der Waals surface area contributed by atoms with Crippen molar-refractivity contribution in [1.29, 1.82) is 5.26 Å². The maximum absolute atomic E-state index is 13.0. The summed E-state index contributed by atoms with van der Waals surface area (Å²) in [7, 11) is 1.08. The first kappa shape index (κ1) is 14.8. The number of hydrogen-bond donors (Lipinski definition) is 0. The topological polar surface area (TPSA) is 70.4 Å². The summed E-state index contributed by atoms with van der Waals surface area (Å²) in [6, 6.07) is 3.66. The minimum atomic E-state index is -4.72. The van der Waals surface area contributed by atoms with Crippen LogP contribution in [0.2, 0.25) is 0 Å². The second kappa shape index (κ2) is 5.09. The molecule has 0 aromatic heterocycles. The third-order valence-electron chi connectivity index (χ3n) is 3.13. The summed E-state index contributed by atoms with van der Waals surface area (Å²) in [6.45, 7) is -0.584. The van der Waals surface area contributed by atoms with Crippen molar-refractivity contribution in [2.24, 2.45) is 0 Å². The molecule has 2 rings (SSSR count). The number of carbonyl (C=O) groups excluding carboxylic acids is 2. The summed E-state index contributed by atoms with van der Waals surface area (Å²) >= 11 is 0. The van der Waals surface area contributed by atoms with Crippen molar-refractivity contribution in [2.75, 3.05) is 13.7 Å². The van der Waals surface area contributed by atoms with Crippen LogP contribution in [-0.2, 0) is 15.7 Å². The Balaban J connectivity index is 2.54. The van der Waals surface area contributed by atoms with Crippen LogP contribution < -0.4 is 0 Å². The summed E-state index contributed by atoms with van der Waals surface area (Å²) in [4.78, 5) is 24.2. The van der Waals surface area contributed by atoms with Crippen LogP contribution in [-0.4, -0.2) is 30.4 Å². The monoisotopic (exact) mass is 298 g/mol. The van der Waals surface area contributed by atoms with E-state index in [1.165, 1.54) is 6.07 Å². The number of alkyl halides is 3. The number of ether oxygens (including phenoxy) is 1. The molecular weight excluding hydrogens is 289 g/mol. The summed E-state index contributed by atoms with van der Waals surface area (Å²) in [6.07, 6.45) is -4.72. The molecule has 0 saturated carbocycles. The average Bonchev–Trinajstić information content (AvgIpc) is 2.70. The van der Waals surface area contributed by atoms with Crippen LogP contribution in [0.25, 0.3) is 0 Å².